The molecule has 0 saturated carbocycles. The van der Waals surface area contributed by atoms with E-state index in [1.165, 1.54) is 0 Å². The standard InChI is InChI=1S/C26H31N5O/c1-18-5-6-22-7-8-23(30-11-9-28(3)10-12-30)17-31(22)25(32)15-24(18)20-13-19(2)26-21(14-20)16-29(4)27-26/h6-8,13-18H,5,9-12H2,1-4H3. The Morgan fingerprint density at radius 2 is 1.78 bits per heavy atom. The maximum Gasteiger partial charge on any atom is 0.255 e. The zero-order valence-electron chi connectivity index (χ0n) is 19.4. The average Bonchev–Trinajstić information content (AvgIpc) is 3.16. The van der Waals surface area contributed by atoms with Crippen LogP contribution in [-0.4, -0.2) is 63.6 Å². The molecule has 32 heavy (non-hydrogen) atoms. The van der Waals surface area contributed by atoms with Gasteiger partial charge in [-0.1, -0.05) is 13.0 Å². The van der Waals surface area contributed by atoms with E-state index in [4.69, 9.17) is 0 Å². The van der Waals surface area contributed by atoms with Gasteiger partial charge in [0.2, 0.25) is 0 Å². The van der Waals surface area contributed by atoms with Gasteiger partial charge in [0, 0.05) is 62.8 Å². The van der Waals surface area contributed by atoms with E-state index in [0.717, 1.165) is 71.6 Å². The molecule has 0 bridgehead atoms. The SMILES string of the molecule is Cc1cc(C2=CC(=O)N3C=C(N4CCN(C)CC4)C=CC3=CCC2C)cc2cn(C)nc12. The molecule has 0 N–H and O–H groups in total. The molecular weight excluding hydrogens is 398 g/mol. The van der Waals surface area contributed by atoms with Crippen molar-refractivity contribution in [2.75, 3.05) is 33.2 Å². The number of aromatic nitrogens is 2. The number of carbonyl (C=O) groups is 1. The van der Waals surface area contributed by atoms with Gasteiger partial charge in [-0.05, 0) is 67.3 Å². The first-order valence-electron chi connectivity index (χ1n) is 11.4. The van der Waals surface area contributed by atoms with E-state index >= 15 is 0 Å². The second kappa shape index (κ2) is 8.10. The van der Waals surface area contributed by atoms with E-state index in [0.29, 0.717) is 0 Å². The van der Waals surface area contributed by atoms with Gasteiger partial charge in [-0.15, -0.1) is 0 Å². The van der Waals surface area contributed by atoms with Crippen molar-refractivity contribution in [3.63, 3.8) is 0 Å². The van der Waals surface area contributed by atoms with E-state index < -0.39 is 0 Å². The smallest absolute Gasteiger partial charge is 0.255 e. The summed E-state index contributed by atoms with van der Waals surface area (Å²) >= 11 is 0. The second-order valence-corrected chi connectivity index (χ2v) is 9.29. The van der Waals surface area contributed by atoms with Crippen molar-refractivity contribution < 1.29 is 4.79 Å². The van der Waals surface area contributed by atoms with Crippen LogP contribution in [0, 0.1) is 12.8 Å². The Bertz CT molecular complexity index is 1190. The molecule has 1 saturated heterocycles. The Kier molecular flexibility index (Phi) is 5.25. The molecule has 1 unspecified atom stereocenters. The highest BCUT2D eigenvalue weighted by atomic mass is 16.2. The number of aryl methyl sites for hydroxylation is 2. The van der Waals surface area contributed by atoms with Crippen molar-refractivity contribution in [2.24, 2.45) is 13.0 Å². The molecule has 3 aliphatic heterocycles. The summed E-state index contributed by atoms with van der Waals surface area (Å²) in [6.07, 6.45) is 13.2. The fraction of sp³-hybridized carbons (Fsp3) is 0.385. The molecule has 1 amide bonds. The van der Waals surface area contributed by atoms with Crippen LogP contribution in [0.15, 0.2) is 60.2 Å². The number of fused-ring (bicyclic) bond motifs is 2. The maximum atomic E-state index is 13.5. The minimum atomic E-state index is 0.0118. The summed E-state index contributed by atoms with van der Waals surface area (Å²) < 4.78 is 1.85. The van der Waals surface area contributed by atoms with Crippen molar-refractivity contribution in [3.8, 4) is 0 Å². The zero-order chi connectivity index (χ0) is 22.4. The van der Waals surface area contributed by atoms with Crippen LogP contribution in [0.3, 0.4) is 0 Å². The number of likely N-dealkylation sites (N-methyl/N-ethyl adjacent to an activating group) is 1. The molecule has 166 valence electrons. The molecule has 1 atom stereocenters. The van der Waals surface area contributed by atoms with Gasteiger partial charge in [0.25, 0.3) is 5.91 Å². The maximum absolute atomic E-state index is 13.5. The third kappa shape index (κ3) is 3.79. The van der Waals surface area contributed by atoms with Gasteiger partial charge in [-0.25, -0.2) is 0 Å². The van der Waals surface area contributed by atoms with Crippen molar-refractivity contribution in [1.82, 2.24) is 24.5 Å². The third-order valence-electron chi connectivity index (χ3n) is 6.81. The lowest BCUT2D eigenvalue weighted by Gasteiger charge is -2.37. The summed E-state index contributed by atoms with van der Waals surface area (Å²) in [4.78, 5) is 20.0. The van der Waals surface area contributed by atoms with Gasteiger partial charge < -0.3 is 9.80 Å². The Labute approximate surface area is 189 Å². The first-order valence-corrected chi connectivity index (χ1v) is 11.4. The summed E-state index contributed by atoms with van der Waals surface area (Å²) in [6.45, 7) is 8.34. The highest BCUT2D eigenvalue weighted by Gasteiger charge is 2.25. The van der Waals surface area contributed by atoms with Gasteiger partial charge in [0.05, 0.1) is 11.2 Å². The molecule has 1 fully saturated rings. The van der Waals surface area contributed by atoms with E-state index in [1.807, 2.05) is 35.1 Å². The minimum Gasteiger partial charge on any atom is -0.368 e. The molecule has 3 aliphatic rings. The van der Waals surface area contributed by atoms with Crippen molar-refractivity contribution >= 4 is 22.4 Å². The van der Waals surface area contributed by atoms with Crippen molar-refractivity contribution in [3.05, 3.63) is 71.4 Å². The molecule has 1 aromatic carbocycles. The molecule has 6 heteroatoms. The lowest BCUT2D eigenvalue weighted by molar-refractivity contribution is -0.122. The van der Waals surface area contributed by atoms with Crippen molar-refractivity contribution in [2.45, 2.75) is 20.3 Å². The second-order valence-electron chi connectivity index (χ2n) is 9.29. The fourth-order valence-electron chi connectivity index (χ4n) is 4.84. The van der Waals surface area contributed by atoms with Crippen LogP contribution in [0.25, 0.3) is 16.5 Å². The predicted molar refractivity (Wildman–Crippen MR) is 128 cm³/mol. The summed E-state index contributed by atoms with van der Waals surface area (Å²) in [6, 6.07) is 4.33. The highest BCUT2D eigenvalue weighted by molar-refractivity contribution is 5.99. The van der Waals surface area contributed by atoms with Gasteiger partial charge >= 0.3 is 0 Å². The van der Waals surface area contributed by atoms with Crippen LogP contribution >= 0.6 is 0 Å². The first-order chi connectivity index (χ1) is 15.4. The molecule has 0 radical (unpaired) electrons. The Morgan fingerprint density at radius 1 is 1.03 bits per heavy atom. The number of benzene rings is 1. The van der Waals surface area contributed by atoms with Gasteiger partial charge in [0.15, 0.2) is 0 Å². The molecule has 0 spiro atoms. The Morgan fingerprint density at radius 3 is 2.56 bits per heavy atom. The highest BCUT2D eigenvalue weighted by Crippen LogP contribution is 2.33. The number of rotatable bonds is 2. The fourth-order valence-corrected chi connectivity index (χ4v) is 4.84. The number of allylic oxidation sites excluding steroid dienone is 4. The Balaban J connectivity index is 1.49. The molecule has 6 nitrogen and oxygen atoms in total. The number of hydrogen-bond acceptors (Lipinski definition) is 4. The number of amides is 1. The van der Waals surface area contributed by atoms with Crippen LogP contribution in [0.5, 0.6) is 0 Å². The van der Waals surface area contributed by atoms with E-state index in [1.54, 1.807) is 0 Å². The molecule has 4 heterocycles. The molecular formula is C26H31N5O. The van der Waals surface area contributed by atoms with E-state index in [9.17, 15) is 4.79 Å². The largest absolute Gasteiger partial charge is 0.368 e. The molecule has 5 rings (SSSR count). The van der Waals surface area contributed by atoms with Crippen LogP contribution in [0.1, 0.15) is 24.5 Å². The third-order valence-corrected chi connectivity index (χ3v) is 6.81. The van der Waals surface area contributed by atoms with Crippen LogP contribution in [0.2, 0.25) is 0 Å². The topological polar surface area (TPSA) is 44.6 Å². The number of hydrogen-bond donors (Lipinski definition) is 0. The van der Waals surface area contributed by atoms with Crippen LogP contribution in [-0.2, 0) is 11.8 Å². The minimum absolute atomic E-state index is 0.0118. The summed E-state index contributed by atoms with van der Waals surface area (Å²) in [5.74, 6) is 0.260. The van der Waals surface area contributed by atoms with Crippen LogP contribution in [0.4, 0.5) is 0 Å². The quantitative estimate of drug-likeness (QED) is 0.731. The molecule has 0 aliphatic carbocycles. The number of carbonyl (C=O) groups excluding carboxylic acids is 1. The number of piperazine rings is 1. The first kappa shape index (κ1) is 20.8. The zero-order valence-corrected chi connectivity index (χ0v) is 19.4. The van der Waals surface area contributed by atoms with Gasteiger partial charge in [-0.3, -0.25) is 14.4 Å². The lowest BCUT2D eigenvalue weighted by Crippen LogP contribution is -2.44. The monoisotopic (exact) mass is 429 g/mol. The van der Waals surface area contributed by atoms with Crippen LogP contribution < -0.4 is 0 Å². The summed E-state index contributed by atoms with van der Waals surface area (Å²) in [5, 5.41) is 5.68. The predicted octanol–water partition coefficient (Wildman–Crippen LogP) is 3.68. The average molecular weight is 430 g/mol. The molecule has 2 aromatic rings. The Hall–Kier alpha value is -3.12. The van der Waals surface area contributed by atoms with Gasteiger partial charge in [0.1, 0.15) is 0 Å². The van der Waals surface area contributed by atoms with E-state index in [-0.39, 0.29) is 11.8 Å². The normalized spacial score (nSPS) is 22.3. The molecule has 1 aromatic heterocycles. The van der Waals surface area contributed by atoms with Gasteiger partial charge in [-0.2, -0.15) is 5.10 Å². The lowest BCUT2D eigenvalue weighted by atomic mass is 9.88. The summed E-state index contributed by atoms with van der Waals surface area (Å²) in [5.41, 5.74) is 6.42. The summed E-state index contributed by atoms with van der Waals surface area (Å²) in [7, 11) is 4.10. The van der Waals surface area contributed by atoms with E-state index in [2.05, 4.69) is 66.2 Å². The van der Waals surface area contributed by atoms with Crippen molar-refractivity contribution in [1.29, 1.82) is 0 Å². The number of nitrogens with zero attached hydrogens (tertiary/aromatic N) is 5.